The average molecular weight is 311 g/mol. The summed E-state index contributed by atoms with van der Waals surface area (Å²) in [5.41, 5.74) is 0.330. The fraction of sp³-hybridized carbons (Fsp3) is 0.0714. The fourth-order valence-corrected chi connectivity index (χ4v) is 3.48. The second-order valence-corrected chi connectivity index (χ2v) is 6.58. The van der Waals surface area contributed by atoms with Crippen LogP contribution in [0.2, 0.25) is 5.02 Å². The minimum Gasteiger partial charge on any atom is -0.478 e. The Hall–Kier alpha value is -1.85. The van der Waals surface area contributed by atoms with E-state index in [4.69, 9.17) is 16.7 Å². The lowest BCUT2D eigenvalue weighted by Crippen LogP contribution is -2.11. The predicted molar refractivity (Wildman–Crippen MR) is 75.7 cm³/mol. The van der Waals surface area contributed by atoms with Gasteiger partial charge in [0.2, 0.25) is 0 Å². The summed E-state index contributed by atoms with van der Waals surface area (Å²) in [6.45, 7) is 0. The van der Waals surface area contributed by atoms with Crippen molar-refractivity contribution in [2.24, 2.45) is 0 Å². The van der Waals surface area contributed by atoms with E-state index in [9.17, 15) is 13.2 Å². The third-order valence-corrected chi connectivity index (χ3v) is 4.71. The van der Waals surface area contributed by atoms with E-state index < -0.39 is 15.8 Å². The molecule has 1 N–H and O–H groups in total. The van der Waals surface area contributed by atoms with E-state index in [1.807, 2.05) is 0 Å². The number of carboxylic acid groups (broad SMARTS) is 1. The Morgan fingerprint density at radius 2 is 1.65 bits per heavy atom. The van der Waals surface area contributed by atoms with Crippen molar-refractivity contribution in [1.29, 1.82) is 0 Å². The van der Waals surface area contributed by atoms with Crippen LogP contribution in [0.5, 0.6) is 0 Å². The van der Waals surface area contributed by atoms with Gasteiger partial charge in [-0.05, 0) is 29.8 Å². The summed E-state index contributed by atoms with van der Waals surface area (Å²) in [5, 5.41) is 9.56. The molecule has 0 aromatic heterocycles. The van der Waals surface area contributed by atoms with Crippen molar-refractivity contribution in [2.45, 2.75) is 10.6 Å². The van der Waals surface area contributed by atoms with E-state index >= 15 is 0 Å². The molecule has 0 spiro atoms. The van der Waals surface area contributed by atoms with E-state index in [1.165, 1.54) is 24.3 Å². The molecule has 0 bridgehead atoms. The number of carbonyl (C=O) groups is 1. The van der Waals surface area contributed by atoms with Crippen LogP contribution in [0.3, 0.4) is 0 Å². The van der Waals surface area contributed by atoms with Crippen LogP contribution in [0.1, 0.15) is 15.9 Å². The number of halogens is 1. The van der Waals surface area contributed by atoms with Crippen molar-refractivity contribution < 1.29 is 18.3 Å². The van der Waals surface area contributed by atoms with Gasteiger partial charge in [-0.3, -0.25) is 0 Å². The Balaban J connectivity index is 2.41. The largest absolute Gasteiger partial charge is 0.478 e. The third kappa shape index (κ3) is 3.18. The highest BCUT2D eigenvalue weighted by Gasteiger charge is 2.22. The monoisotopic (exact) mass is 310 g/mol. The molecular formula is C14H11ClO4S. The summed E-state index contributed by atoms with van der Waals surface area (Å²) >= 11 is 5.74. The van der Waals surface area contributed by atoms with E-state index in [2.05, 4.69) is 0 Å². The van der Waals surface area contributed by atoms with E-state index in [0.717, 1.165) is 0 Å². The lowest BCUT2D eigenvalue weighted by molar-refractivity contribution is 0.0692. The molecule has 0 heterocycles. The van der Waals surface area contributed by atoms with Gasteiger partial charge in [-0.2, -0.15) is 0 Å². The molecule has 0 unspecified atom stereocenters. The van der Waals surface area contributed by atoms with Crippen LogP contribution in [-0.4, -0.2) is 19.5 Å². The second-order valence-electron chi connectivity index (χ2n) is 4.19. The molecule has 0 aliphatic carbocycles. The summed E-state index contributed by atoms with van der Waals surface area (Å²) in [6, 6.07) is 12.0. The van der Waals surface area contributed by atoms with Gasteiger partial charge in [-0.15, -0.1) is 0 Å². The molecule has 4 nitrogen and oxygen atoms in total. The highest BCUT2D eigenvalue weighted by Crippen LogP contribution is 2.21. The zero-order valence-electron chi connectivity index (χ0n) is 10.3. The Morgan fingerprint density at radius 3 is 2.25 bits per heavy atom. The first-order valence-corrected chi connectivity index (χ1v) is 7.73. The van der Waals surface area contributed by atoms with Crippen LogP contribution >= 0.6 is 11.6 Å². The maximum absolute atomic E-state index is 12.3. The molecule has 6 heteroatoms. The Kier molecular flexibility index (Phi) is 4.11. The van der Waals surface area contributed by atoms with Crippen LogP contribution in [0, 0.1) is 0 Å². The zero-order chi connectivity index (χ0) is 14.8. The quantitative estimate of drug-likeness (QED) is 0.942. The first kappa shape index (κ1) is 14.6. The molecule has 20 heavy (non-hydrogen) atoms. The predicted octanol–water partition coefficient (Wildman–Crippen LogP) is 3.01. The van der Waals surface area contributed by atoms with Crippen LogP contribution in [0.15, 0.2) is 53.4 Å². The summed E-state index contributed by atoms with van der Waals surface area (Å²) in [5.74, 6) is -1.53. The minimum absolute atomic E-state index is 0.178. The molecule has 0 fully saturated rings. The van der Waals surface area contributed by atoms with Crippen LogP contribution < -0.4 is 0 Å². The maximum Gasteiger partial charge on any atom is 0.337 e. The minimum atomic E-state index is -3.73. The molecule has 0 atom stereocenters. The molecule has 2 aromatic carbocycles. The van der Waals surface area contributed by atoms with Gasteiger partial charge in [0.05, 0.1) is 16.2 Å². The first-order chi connectivity index (χ1) is 9.40. The lowest BCUT2D eigenvalue weighted by Gasteiger charge is -2.07. The second kappa shape index (κ2) is 5.64. The number of aromatic carboxylic acids is 1. The Bertz CT molecular complexity index is 736. The third-order valence-electron chi connectivity index (χ3n) is 2.72. The molecule has 0 saturated heterocycles. The van der Waals surface area contributed by atoms with Crippen molar-refractivity contribution >= 4 is 27.4 Å². The summed E-state index contributed by atoms with van der Waals surface area (Å²) < 4.78 is 24.6. The SMILES string of the molecule is O=C(O)c1ccccc1S(=O)(=O)Cc1ccc(Cl)cc1. The molecule has 0 radical (unpaired) electrons. The topological polar surface area (TPSA) is 71.4 Å². The molecule has 0 saturated carbocycles. The Labute approximate surface area is 121 Å². The van der Waals surface area contributed by atoms with Crippen molar-refractivity contribution in [3.8, 4) is 0 Å². The molecule has 2 aromatic rings. The van der Waals surface area contributed by atoms with Gasteiger partial charge in [-0.1, -0.05) is 35.9 Å². The standard InChI is InChI=1S/C14H11ClO4S/c15-11-7-5-10(6-8-11)9-20(18,19)13-4-2-1-3-12(13)14(16)17/h1-8H,9H2,(H,16,17). The maximum atomic E-state index is 12.3. The summed E-state index contributed by atoms with van der Waals surface area (Å²) in [7, 11) is -3.73. The molecule has 0 aliphatic heterocycles. The first-order valence-electron chi connectivity index (χ1n) is 5.70. The van der Waals surface area contributed by atoms with Crippen LogP contribution in [-0.2, 0) is 15.6 Å². The highest BCUT2D eigenvalue weighted by molar-refractivity contribution is 7.90. The molecule has 2 rings (SSSR count). The van der Waals surface area contributed by atoms with Crippen molar-refractivity contribution in [3.63, 3.8) is 0 Å². The normalized spacial score (nSPS) is 11.2. The number of carboxylic acids is 1. The van der Waals surface area contributed by atoms with E-state index in [1.54, 1.807) is 24.3 Å². The Morgan fingerprint density at radius 1 is 1.05 bits per heavy atom. The number of hydrogen-bond donors (Lipinski definition) is 1. The van der Waals surface area contributed by atoms with Crippen molar-refractivity contribution in [1.82, 2.24) is 0 Å². The molecular weight excluding hydrogens is 300 g/mol. The van der Waals surface area contributed by atoms with Gasteiger partial charge < -0.3 is 5.11 Å². The van der Waals surface area contributed by atoms with Gasteiger partial charge in [0, 0.05) is 5.02 Å². The molecule has 104 valence electrons. The van der Waals surface area contributed by atoms with Gasteiger partial charge in [0.25, 0.3) is 0 Å². The van der Waals surface area contributed by atoms with E-state index in [-0.39, 0.29) is 16.2 Å². The van der Waals surface area contributed by atoms with Crippen molar-refractivity contribution in [3.05, 3.63) is 64.7 Å². The van der Waals surface area contributed by atoms with Crippen LogP contribution in [0.4, 0.5) is 0 Å². The number of sulfone groups is 1. The van der Waals surface area contributed by atoms with Gasteiger partial charge >= 0.3 is 5.97 Å². The summed E-state index contributed by atoms with van der Waals surface area (Å²) in [6.07, 6.45) is 0. The average Bonchev–Trinajstić information content (AvgIpc) is 2.41. The van der Waals surface area contributed by atoms with Gasteiger partial charge in [0.15, 0.2) is 9.84 Å². The smallest absolute Gasteiger partial charge is 0.337 e. The zero-order valence-corrected chi connectivity index (χ0v) is 11.9. The highest BCUT2D eigenvalue weighted by atomic mass is 35.5. The van der Waals surface area contributed by atoms with Crippen LogP contribution in [0.25, 0.3) is 0 Å². The molecule has 0 aliphatic rings. The van der Waals surface area contributed by atoms with Gasteiger partial charge in [-0.25, -0.2) is 13.2 Å². The van der Waals surface area contributed by atoms with Gasteiger partial charge in [0.1, 0.15) is 0 Å². The lowest BCUT2D eigenvalue weighted by atomic mass is 10.2. The summed E-state index contributed by atoms with van der Waals surface area (Å²) in [4.78, 5) is 10.9. The fourth-order valence-electron chi connectivity index (χ4n) is 1.79. The van der Waals surface area contributed by atoms with Crippen molar-refractivity contribution in [2.75, 3.05) is 0 Å². The number of benzene rings is 2. The number of rotatable bonds is 4. The molecule has 0 amide bonds. The van der Waals surface area contributed by atoms with E-state index in [0.29, 0.717) is 10.6 Å². The number of hydrogen-bond acceptors (Lipinski definition) is 3.